The molecule has 1 saturated heterocycles. The highest BCUT2D eigenvalue weighted by molar-refractivity contribution is 5.90. The number of nitrogens with one attached hydrogen (secondary N) is 1. The quantitative estimate of drug-likeness (QED) is 0.395. The van der Waals surface area contributed by atoms with Crippen LogP contribution in [0.5, 0.6) is 11.5 Å². The molecule has 1 aliphatic rings. The minimum Gasteiger partial charge on any atom is -0.497 e. The van der Waals surface area contributed by atoms with Gasteiger partial charge in [0.15, 0.2) is 0 Å². The van der Waals surface area contributed by atoms with Gasteiger partial charge in [-0.15, -0.1) is 0 Å². The van der Waals surface area contributed by atoms with Crippen molar-refractivity contribution in [3.63, 3.8) is 0 Å². The second kappa shape index (κ2) is 10.6. The van der Waals surface area contributed by atoms with E-state index in [9.17, 15) is 4.79 Å². The lowest BCUT2D eigenvalue weighted by Crippen LogP contribution is -2.50. The smallest absolute Gasteiger partial charge is 0.321 e. The Bertz CT molecular complexity index is 1340. The van der Waals surface area contributed by atoms with E-state index < -0.39 is 0 Å². The summed E-state index contributed by atoms with van der Waals surface area (Å²) in [6, 6.07) is 21.2. The number of anilines is 2. The molecule has 0 unspecified atom stereocenters. The molecule has 0 saturated carbocycles. The summed E-state index contributed by atoms with van der Waals surface area (Å²) >= 11 is 0. The number of nitrogens with zero attached hydrogens (tertiary/aromatic N) is 4. The van der Waals surface area contributed by atoms with Crippen molar-refractivity contribution in [2.75, 3.05) is 50.6 Å². The van der Waals surface area contributed by atoms with Gasteiger partial charge in [-0.05, 0) is 43.3 Å². The van der Waals surface area contributed by atoms with E-state index in [1.807, 2.05) is 48.2 Å². The van der Waals surface area contributed by atoms with E-state index in [0.29, 0.717) is 42.0 Å². The van der Waals surface area contributed by atoms with Crippen LogP contribution in [-0.4, -0.2) is 61.5 Å². The van der Waals surface area contributed by atoms with Gasteiger partial charge in [0, 0.05) is 66.9 Å². The first-order valence-electron chi connectivity index (χ1n) is 12.1. The van der Waals surface area contributed by atoms with E-state index in [0.717, 1.165) is 29.9 Å². The van der Waals surface area contributed by atoms with Gasteiger partial charge in [0.05, 0.1) is 14.2 Å². The van der Waals surface area contributed by atoms with Gasteiger partial charge in [-0.1, -0.05) is 22.9 Å². The van der Waals surface area contributed by atoms with Crippen molar-refractivity contribution < 1.29 is 18.8 Å². The van der Waals surface area contributed by atoms with Crippen molar-refractivity contribution in [2.24, 2.45) is 0 Å². The summed E-state index contributed by atoms with van der Waals surface area (Å²) in [6.45, 7) is 4.72. The van der Waals surface area contributed by atoms with E-state index in [2.05, 4.69) is 32.5 Å². The van der Waals surface area contributed by atoms with Crippen LogP contribution >= 0.6 is 0 Å². The van der Waals surface area contributed by atoms with Gasteiger partial charge in [-0.25, -0.2) is 4.79 Å². The third-order valence-electron chi connectivity index (χ3n) is 6.38. The molecule has 0 bridgehead atoms. The summed E-state index contributed by atoms with van der Waals surface area (Å²) in [5, 5.41) is 7.09. The summed E-state index contributed by atoms with van der Waals surface area (Å²) in [5.74, 6) is 2.30. The molecule has 2 heterocycles. The molecule has 9 heteroatoms. The zero-order chi connectivity index (χ0) is 25.8. The van der Waals surface area contributed by atoms with Gasteiger partial charge in [0.25, 0.3) is 5.89 Å². The van der Waals surface area contributed by atoms with Crippen LogP contribution in [0.3, 0.4) is 0 Å². The first-order chi connectivity index (χ1) is 18.0. The summed E-state index contributed by atoms with van der Waals surface area (Å²) in [4.78, 5) is 21.4. The number of amides is 2. The van der Waals surface area contributed by atoms with Crippen molar-refractivity contribution in [1.29, 1.82) is 0 Å². The van der Waals surface area contributed by atoms with E-state index in [-0.39, 0.29) is 6.03 Å². The maximum absolute atomic E-state index is 12.8. The Hall–Kier alpha value is -4.53. The second-order valence-electron chi connectivity index (χ2n) is 8.84. The number of hydrogen-bond donors (Lipinski definition) is 1. The Morgan fingerprint density at radius 2 is 1.49 bits per heavy atom. The van der Waals surface area contributed by atoms with E-state index in [4.69, 9.17) is 14.0 Å². The Balaban J connectivity index is 1.18. The molecule has 1 aromatic heterocycles. The number of rotatable bonds is 6. The third kappa shape index (κ3) is 5.50. The molecule has 190 valence electrons. The van der Waals surface area contributed by atoms with Crippen LogP contribution in [0.1, 0.15) is 5.56 Å². The Morgan fingerprint density at radius 1 is 0.865 bits per heavy atom. The fourth-order valence-corrected chi connectivity index (χ4v) is 4.23. The first-order valence-corrected chi connectivity index (χ1v) is 12.1. The Labute approximate surface area is 215 Å². The molecule has 1 fully saturated rings. The van der Waals surface area contributed by atoms with E-state index in [1.54, 1.807) is 32.4 Å². The van der Waals surface area contributed by atoms with E-state index >= 15 is 0 Å². The molecule has 5 rings (SSSR count). The van der Waals surface area contributed by atoms with Crippen molar-refractivity contribution in [3.05, 3.63) is 72.3 Å². The average Bonchev–Trinajstić information content (AvgIpc) is 3.44. The highest BCUT2D eigenvalue weighted by Gasteiger charge is 2.22. The average molecular weight is 500 g/mol. The molecule has 37 heavy (non-hydrogen) atoms. The van der Waals surface area contributed by atoms with Crippen molar-refractivity contribution in [1.82, 2.24) is 15.0 Å². The molecular weight excluding hydrogens is 470 g/mol. The Morgan fingerprint density at radius 3 is 2.11 bits per heavy atom. The van der Waals surface area contributed by atoms with Gasteiger partial charge in [-0.3, -0.25) is 0 Å². The minimum atomic E-state index is -0.146. The van der Waals surface area contributed by atoms with Gasteiger partial charge >= 0.3 is 6.03 Å². The maximum Gasteiger partial charge on any atom is 0.321 e. The topological polar surface area (TPSA) is 93.0 Å². The van der Waals surface area contributed by atoms with Crippen LogP contribution in [0, 0.1) is 6.92 Å². The summed E-state index contributed by atoms with van der Waals surface area (Å²) < 4.78 is 16.0. The largest absolute Gasteiger partial charge is 0.497 e. The van der Waals surface area contributed by atoms with Crippen LogP contribution in [0.2, 0.25) is 0 Å². The highest BCUT2D eigenvalue weighted by Crippen LogP contribution is 2.27. The predicted octanol–water partition coefficient (Wildman–Crippen LogP) is 5.08. The molecule has 0 aliphatic carbocycles. The third-order valence-corrected chi connectivity index (χ3v) is 6.38. The number of aromatic nitrogens is 2. The molecule has 0 spiro atoms. The lowest BCUT2D eigenvalue weighted by atomic mass is 10.1. The first kappa shape index (κ1) is 24.2. The number of piperazine rings is 1. The molecule has 1 N–H and O–H groups in total. The molecular formula is C28H29N5O4. The zero-order valence-corrected chi connectivity index (χ0v) is 21.1. The van der Waals surface area contributed by atoms with Crippen LogP contribution < -0.4 is 19.7 Å². The van der Waals surface area contributed by atoms with Gasteiger partial charge in [0.2, 0.25) is 5.82 Å². The fraction of sp³-hybridized carbons (Fsp3) is 0.250. The van der Waals surface area contributed by atoms with Crippen molar-refractivity contribution >= 4 is 17.4 Å². The Kier molecular flexibility index (Phi) is 6.93. The van der Waals surface area contributed by atoms with Crippen molar-refractivity contribution in [3.8, 4) is 34.3 Å². The molecule has 4 aromatic rings. The lowest BCUT2D eigenvalue weighted by molar-refractivity contribution is 0.208. The monoisotopic (exact) mass is 499 g/mol. The van der Waals surface area contributed by atoms with Gasteiger partial charge in [-0.2, -0.15) is 4.98 Å². The number of carbonyl (C=O) groups is 1. The van der Waals surface area contributed by atoms with Gasteiger partial charge < -0.3 is 29.1 Å². The fourth-order valence-electron chi connectivity index (χ4n) is 4.23. The summed E-state index contributed by atoms with van der Waals surface area (Å²) in [6.07, 6.45) is 0. The molecule has 9 nitrogen and oxygen atoms in total. The standard InChI is InChI=1S/C28H29N5O4/c1-19-4-6-21(7-5-19)27-30-26(31-37-27)20-8-10-23(11-9-20)32-12-14-33(15-13-32)28(34)29-22-16-24(35-2)18-25(17-22)36-3/h4-11,16-18H,12-15H2,1-3H3,(H,29,34). The SMILES string of the molecule is COc1cc(NC(=O)N2CCN(c3ccc(-c4noc(-c5ccc(C)cc5)n4)cc3)CC2)cc(OC)c1. The number of ether oxygens (including phenoxy) is 2. The summed E-state index contributed by atoms with van der Waals surface area (Å²) in [7, 11) is 3.16. The predicted molar refractivity (Wildman–Crippen MR) is 142 cm³/mol. The van der Waals surface area contributed by atoms with Crippen molar-refractivity contribution in [2.45, 2.75) is 6.92 Å². The normalized spacial score (nSPS) is 13.4. The van der Waals surface area contributed by atoms with Crippen LogP contribution in [-0.2, 0) is 0 Å². The number of carbonyl (C=O) groups excluding carboxylic acids is 1. The molecule has 2 amide bonds. The number of urea groups is 1. The minimum absolute atomic E-state index is 0.146. The molecule has 0 radical (unpaired) electrons. The maximum atomic E-state index is 12.8. The number of aryl methyl sites for hydroxylation is 1. The number of methoxy groups -OCH3 is 2. The zero-order valence-electron chi connectivity index (χ0n) is 21.1. The lowest BCUT2D eigenvalue weighted by Gasteiger charge is -2.36. The highest BCUT2D eigenvalue weighted by atomic mass is 16.5. The van der Waals surface area contributed by atoms with Crippen LogP contribution in [0.15, 0.2) is 71.3 Å². The number of hydrogen-bond acceptors (Lipinski definition) is 7. The second-order valence-corrected chi connectivity index (χ2v) is 8.84. The molecule has 1 aliphatic heterocycles. The van der Waals surface area contributed by atoms with E-state index in [1.165, 1.54) is 5.56 Å². The van der Waals surface area contributed by atoms with Crippen LogP contribution in [0.4, 0.5) is 16.2 Å². The van der Waals surface area contributed by atoms with Crippen LogP contribution in [0.25, 0.3) is 22.8 Å². The number of benzene rings is 3. The summed E-state index contributed by atoms with van der Waals surface area (Å²) in [5.41, 5.74) is 4.68. The molecule has 3 aromatic carbocycles. The van der Waals surface area contributed by atoms with Gasteiger partial charge in [0.1, 0.15) is 11.5 Å². The molecule has 0 atom stereocenters.